The molecule has 0 aromatic rings. The van der Waals surface area contributed by atoms with Crippen LogP contribution in [0.25, 0.3) is 0 Å². The summed E-state index contributed by atoms with van der Waals surface area (Å²) in [7, 11) is 0. The maximum atomic E-state index is 11.1. The first-order valence-electron chi connectivity index (χ1n) is 4.55. The SMILES string of the molecule is C[C@@H](O)[C@H](NC(=O)CNC(=O)CN)C(=O)O. The number of aliphatic hydroxyl groups excluding tert-OH is 1. The number of nitrogens with one attached hydrogen (secondary N) is 2. The van der Waals surface area contributed by atoms with E-state index in [1.54, 1.807) is 0 Å². The molecule has 92 valence electrons. The average Bonchev–Trinajstić information content (AvgIpc) is 2.21. The second kappa shape index (κ2) is 6.75. The number of aliphatic hydroxyl groups is 1. The third-order valence-corrected chi connectivity index (χ3v) is 1.70. The second-order valence-electron chi connectivity index (χ2n) is 3.10. The Morgan fingerprint density at radius 1 is 1.31 bits per heavy atom. The highest BCUT2D eigenvalue weighted by atomic mass is 16.4. The van der Waals surface area contributed by atoms with Gasteiger partial charge in [-0.3, -0.25) is 9.59 Å². The third-order valence-electron chi connectivity index (χ3n) is 1.70. The number of nitrogens with two attached hydrogens (primary N) is 1. The van der Waals surface area contributed by atoms with E-state index in [1.807, 2.05) is 0 Å². The number of hydrogen-bond acceptors (Lipinski definition) is 5. The molecule has 0 aliphatic heterocycles. The standard InChI is InChI=1S/C8H15N3O5/c1-4(12)7(8(15)16)11-6(14)3-10-5(13)2-9/h4,7,12H,2-3,9H2,1H3,(H,10,13)(H,11,14)(H,15,16)/t4-,7+/m1/s1. The fraction of sp³-hybridized carbons (Fsp3) is 0.625. The molecule has 0 saturated heterocycles. The van der Waals surface area contributed by atoms with Gasteiger partial charge in [-0.15, -0.1) is 0 Å². The van der Waals surface area contributed by atoms with E-state index in [1.165, 1.54) is 6.92 Å². The molecule has 0 heterocycles. The van der Waals surface area contributed by atoms with E-state index in [-0.39, 0.29) is 13.1 Å². The minimum atomic E-state index is -1.40. The molecule has 0 spiro atoms. The lowest BCUT2D eigenvalue weighted by molar-refractivity contribution is -0.144. The van der Waals surface area contributed by atoms with Crippen molar-refractivity contribution in [2.45, 2.75) is 19.1 Å². The molecule has 0 aromatic carbocycles. The Morgan fingerprint density at radius 3 is 2.25 bits per heavy atom. The highest BCUT2D eigenvalue weighted by molar-refractivity contribution is 5.88. The van der Waals surface area contributed by atoms with Crippen LogP contribution in [0.2, 0.25) is 0 Å². The Balaban J connectivity index is 4.11. The van der Waals surface area contributed by atoms with Crippen LogP contribution in [0.4, 0.5) is 0 Å². The summed E-state index contributed by atoms with van der Waals surface area (Å²) in [5, 5.41) is 21.9. The Kier molecular flexibility index (Phi) is 6.04. The quantitative estimate of drug-likeness (QED) is 0.331. The topological polar surface area (TPSA) is 142 Å². The van der Waals surface area contributed by atoms with E-state index in [9.17, 15) is 14.4 Å². The Labute approximate surface area is 91.8 Å². The summed E-state index contributed by atoms with van der Waals surface area (Å²) in [5.74, 6) is -2.59. The van der Waals surface area contributed by atoms with Gasteiger partial charge in [-0.1, -0.05) is 0 Å². The third kappa shape index (κ3) is 5.27. The number of aliphatic carboxylic acids is 1. The van der Waals surface area contributed by atoms with Crippen LogP contribution >= 0.6 is 0 Å². The van der Waals surface area contributed by atoms with Gasteiger partial charge in [0.2, 0.25) is 11.8 Å². The van der Waals surface area contributed by atoms with Crippen molar-refractivity contribution in [1.82, 2.24) is 10.6 Å². The van der Waals surface area contributed by atoms with Crippen molar-refractivity contribution in [3.8, 4) is 0 Å². The van der Waals surface area contributed by atoms with Crippen molar-refractivity contribution in [3.05, 3.63) is 0 Å². The Morgan fingerprint density at radius 2 is 1.88 bits per heavy atom. The predicted octanol–water partition coefficient (Wildman–Crippen LogP) is -2.99. The molecule has 0 aliphatic carbocycles. The molecular formula is C8H15N3O5. The Hall–Kier alpha value is -1.67. The maximum absolute atomic E-state index is 11.1. The zero-order valence-electron chi connectivity index (χ0n) is 8.77. The maximum Gasteiger partial charge on any atom is 0.328 e. The number of carboxylic acids is 1. The summed E-state index contributed by atoms with van der Waals surface area (Å²) in [6.45, 7) is 0.593. The molecule has 0 saturated carbocycles. The van der Waals surface area contributed by atoms with Gasteiger partial charge in [0.05, 0.1) is 19.2 Å². The van der Waals surface area contributed by atoms with Crippen LogP contribution in [-0.2, 0) is 14.4 Å². The molecule has 2 amide bonds. The molecule has 0 bridgehead atoms. The molecule has 0 fully saturated rings. The molecule has 0 aromatic heterocycles. The highest BCUT2D eigenvalue weighted by Crippen LogP contribution is 1.92. The first kappa shape index (κ1) is 14.3. The number of carbonyl (C=O) groups is 3. The van der Waals surface area contributed by atoms with E-state index in [4.69, 9.17) is 15.9 Å². The van der Waals surface area contributed by atoms with Crippen molar-refractivity contribution < 1.29 is 24.6 Å². The predicted molar refractivity (Wildman–Crippen MR) is 53.3 cm³/mol. The van der Waals surface area contributed by atoms with Crippen LogP contribution in [0.15, 0.2) is 0 Å². The summed E-state index contributed by atoms with van der Waals surface area (Å²) < 4.78 is 0. The van der Waals surface area contributed by atoms with Crippen LogP contribution in [0, 0.1) is 0 Å². The van der Waals surface area contributed by atoms with Gasteiger partial charge < -0.3 is 26.6 Å². The second-order valence-corrected chi connectivity index (χ2v) is 3.10. The van der Waals surface area contributed by atoms with Gasteiger partial charge >= 0.3 is 5.97 Å². The summed E-state index contributed by atoms with van der Waals surface area (Å²) in [6.07, 6.45) is -1.23. The zero-order valence-corrected chi connectivity index (χ0v) is 8.77. The van der Waals surface area contributed by atoms with Gasteiger partial charge in [-0.05, 0) is 6.92 Å². The van der Waals surface area contributed by atoms with Gasteiger partial charge in [0.25, 0.3) is 0 Å². The lowest BCUT2D eigenvalue weighted by Gasteiger charge is -2.16. The van der Waals surface area contributed by atoms with Crippen molar-refractivity contribution in [1.29, 1.82) is 0 Å². The summed E-state index contributed by atoms with van der Waals surface area (Å²) >= 11 is 0. The number of carbonyl (C=O) groups excluding carboxylic acids is 2. The average molecular weight is 233 g/mol. The molecule has 6 N–H and O–H groups in total. The van der Waals surface area contributed by atoms with Crippen molar-refractivity contribution >= 4 is 17.8 Å². The number of rotatable bonds is 6. The van der Waals surface area contributed by atoms with Crippen LogP contribution in [0.5, 0.6) is 0 Å². The van der Waals surface area contributed by atoms with Crippen LogP contribution in [0.3, 0.4) is 0 Å². The molecule has 8 nitrogen and oxygen atoms in total. The molecule has 0 unspecified atom stereocenters. The van der Waals surface area contributed by atoms with Crippen molar-refractivity contribution in [3.63, 3.8) is 0 Å². The molecule has 0 aliphatic rings. The minimum Gasteiger partial charge on any atom is -0.480 e. The molecule has 2 atom stereocenters. The van der Waals surface area contributed by atoms with Gasteiger partial charge in [0.15, 0.2) is 6.04 Å². The lowest BCUT2D eigenvalue weighted by Crippen LogP contribution is -2.50. The van der Waals surface area contributed by atoms with E-state index in [0.717, 1.165) is 0 Å². The normalized spacial score (nSPS) is 13.7. The van der Waals surface area contributed by atoms with Crippen molar-refractivity contribution in [2.75, 3.05) is 13.1 Å². The van der Waals surface area contributed by atoms with E-state index in [2.05, 4.69) is 10.6 Å². The molecular weight excluding hydrogens is 218 g/mol. The van der Waals surface area contributed by atoms with Gasteiger partial charge in [0.1, 0.15) is 0 Å². The first-order chi connectivity index (χ1) is 7.38. The van der Waals surface area contributed by atoms with E-state index >= 15 is 0 Å². The fourth-order valence-corrected chi connectivity index (χ4v) is 0.864. The minimum absolute atomic E-state index is 0.258. The number of amides is 2. The van der Waals surface area contributed by atoms with Crippen LogP contribution in [0.1, 0.15) is 6.92 Å². The molecule has 16 heavy (non-hydrogen) atoms. The largest absolute Gasteiger partial charge is 0.480 e. The smallest absolute Gasteiger partial charge is 0.328 e. The Bertz CT molecular complexity index is 279. The zero-order chi connectivity index (χ0) is 12.7. The number of hydrogen-bond donors (Lipinski definition) is 5. The summed E-state index contributed by atoms with van der Waals surface area (Å²) in [4.78, 5) is 32.4. The fourth-order valence-electron chi connectivity index (χ4n) is 0.864. The summed E-state index contributed by atoms with van der Waals surface area (Å²) in [6, 6.07) is -1.40. The van der Waals surface area contributed by atoms with Crippen LogP contribution < -0.4 is 16.4 Å². The summed E-state index contributed by atoms with van der Waals surface area (Å²) in [5.41, 5.74) is 4.98. The molecule has 0 rings (SSSR count). The molecule has 0 radical (unpaired) electrons. The van der Waals surface area contributed by atoms with E-state index < -0.39 is 29.9 Å². The van der Waals surface area contributed by atoms with Gasteiger partial charge in [0, 0.05) is 0 Å². The first-order valence-corrected chi connectivity index (χ1v) is 4.55. The van der Waals surface area contributed by atoms with E-state index in [0.29, 0.717) is 0 Å². The van der Waals surface area contributed by atoms with Gasteiger partial charge in [-0.2, -0.15) is 0 Å². The van der Waals surface area contributed by atoms with Crippen LogP contribution in [-0.4, -0.2) is 53.2 Å². The monoisotopic (exact) mass is 233 g/mol. The molecule has 8 heteroatoms. The number of carboxylic acid groups (broad SMARTS) is 1. The lowest BCUT2D eigenvalue weighted by atomic mass is 10.2. The van der Waals surface area contributed by atoms with Gasteiger partial charge in [-0.25, -0.2) is 4.79 Å². The highest BCUT2D eigenvalue weighted by Gasteiger charge is 2.24. The van der Waals surface area contributed by atoms with Crippen molar-refractivity contribution in [2.24, 2.45) is 5.73 Å².